The van der Waals surface area contributed by atoms with Gasteiger partial charge in [-0.2, -0.15) is 0 Å². The summed E-state index contributed by atoms with van der Waals surface area (Å²) in [6.45, 7) is 1.25. The van der Waals surface area contributed by atoms with Crippen LogP contribution in [0.4, 0.5) is 4.39 Å². The molecule has 4 rings (SSSR count). The number of rotatable bonds is 3. The Balaban J connectivity index is 1.37. The van der Waals surface area contributed by atoms with E-state index in [-0.39, 0.29) is 17.8 Å². The number of amides is 1. The van der Waals surface area contributed by atoms with Crippen molar-refractivity contribution in [2.24, 2.45) is 0 Å². The average molecular weight is 339 g/mol. The molecule has 0 aliphatic carbocycles. The molecule has 25 heavy (non-hydrogen) atoms. The van der Waals surface area contributed by atoms with Crippen LogP contribution in [0.1, 0.15) is 23.3 Å². The van der Waals surface area contributed by atoms with E-state index in [4.69, 9.17) is 4.74 Å². The number of halogens is 1. The summed E-state index contributed by atoms with van der Waals surface area (Å²) in [7, 11) is 0. The van der Waals surface area contributed by atoms with Crippen molar-refractivity contribution in [1.29, 1.82) is 0 Å². The van der Waals surface area contributed by atoms with Gasteiger partial charge >= 0.3 is 0 Å². The zero-order valence-corrected chi connectivity index (χ0v) is 13.6. The SMILES string of the molecule is O=C(c1cn2ccccc2n1)N1CCC(Oc2ccc(F)cc2)CC1. The molecule has 0 spiro atoms. The van der Waals surface area contributed by atoms with Gasteiger partial charge in [0.25, 0.3) is 5.91 Å². The second kappa shape index (κ2) is 6.55. The third-order valence-corrected chi connectivity index (χ3v) is 4.43. The van der Waals surface area contributed by atoms with Gasteiger partial charge in [0.1, 0.15) is 29.0 Å². The van der Waals surface area contributed by atoms with Crippen LogP contribution < -0.4 is 4.74 Å². The van der Waals surface area contributed by atoms with Gasteiger partial charge in [0.2, 0.25) is 0 Å². The second-order valence-corrected chi connectivity index (χ2v) is 6.16. The van der Waals surface area contributed by atoms with E-state index in [1.54, 1.807) is 18.3 Å². The molecule has 3 aromatic rings. The number of fused-ring (bicyclic) bond motifs is 1. The molecule has 1 aliphatic heterocycles. The smallest absolute Gasteiger partial charge is 0.274 e. The Bertz CT molecular complexity index is 850. The number of carbonyl (C=O) groups excluding carboxylic acids is 1. The fourth-order valence-corrected chi connectivity index (χ4v) is 3.08. The highest BCUT2D eigenvalue weighted by Gasteiger charge is 2.26. The van der Waals surface area contributed by atoms with Crippen LogP contribution in [-0.2, 0) is 0 Å². The maximum absolute atomic E-state index is 12.9. The number of hydrogen-bond acceptors (Lipinski definition) is 3. The summed E-state index contributed by atoms with van der Waals surface area (Å²) in [5, 5.41) is 0. The lowest BCUT2D eigenvalue weighted by Crippen LogP contribution is -2.41. The van der Waals surface area contributed by atoms with E-state index in [1.165, 1.54) is 12.1 Å². The largest absolute Gasteiger partial charge is 0.490 e. The van der Waals surface area contributed by atoms with Gasteiger partial charge in [0.05, 0.1) is 0 Å². The molecule has 0 N–H and O–H groups in total. The van der Waals surface area contributed by atoms with Crippen molar-refractivity contribution >= 4 is 11.6 Å². The van der Waals surface area contributed by atoms with Crippen LogP contribution in [-0.4, -0.2) is 39.4 Å². The minimum atomic E-state index is -0.278. The van der Waals surface area contributed by atoms with Crippen molar-refractivity contribution in [1.82, 2.24) is 14.3 Å². The number of imidazole rings is 1. The molecule has 3 heterocycles. The third kappa shape index (κ3) is 3.33. The van der Waals surface area contributed by atoms with Crippen LogP contribution >= 0.6 is 0 Å². The quantitative estimate of drug-likeness (QED) is 0.736. The first-order valence-electron chi connectivity index (χ1n) is 8.34. The number of likely N-dealkylation sites (tertiary alicyclic amines) is 1. The fraction of sp³-hybridized carbons (Fsp3) is 0.263. The predicted octanol–water partition coefficient (Wildman–Crippen LogP) is 3.16. The number of aromatic nitrogens is 2. The normalized spacial score (nSPS) is 15.5. The van der Waals surface area contributed by atoms with Gasteiger partial charge in [0, 0.05) is 38.3 Å². The lowest BCUT2D eigenvalue weighted by atomic mass is 10.1. The molecule has 5 nitrogen and oxygen atoms in total. The molecule has 0 unspecified atom stereocenters. The van der Waals surface area contributed by atoms with E-state index >= 15 is 0 Å². The summed E-state index contributed by atoms with van der Waals surface area (Å²) in [6, 6.07) is 11.7. The maximum Gasteiger partial charge on any atom is 0.274 e. The highest BCUT2D eigenvalue weighted by Crippen LogP contribution is 2.20. The van der Waals surface area contributed by atoms with Crippen molar-refractivity contribution in [3.05, 3.63) is 66.4 Å². The van der Waals surface area contributed by atoms with Gasteiger partial charge in [-0.1, -0.05) is 6.07 Å². The van der Waals surface area contributed by atoms with E-state index < -0.39 is 0 Å². The summed E-state index contributed by atoms with van der Waals surface area (Å²) in [6.07, 6.45) is 5.17. The molecule has 1 aromatic carbocycles. The first-order valence-corrected chi connectivity index (χ1v) is 8.34. The Hall–Kier alpha value is -2.89. The van der Waals surface area contributed by atoms with Crippen molar-refractivity contribution in [3.63, 3.8) is 0 Å². The van der Waals surface area contributed by atoms with Gasteiger partial charge in [-0.05, 0) is 36.4 Å². The van der Waals surface area contributed by atoms with E-state index in [2.05, 4.69) is 4.98 Å². The number of pyridine rings is 1. The first kappa shape index (κ1) is 15.6. The molecule has 0 atom stereocenters. The summed E-state index contributed by atoms with van der Waals surface area (Å²) < 4.78 is 20.6. The van der Waals surface area contributed by atoms with Crippen LogP contribution in [0, 0.1) is 5.82 Å². The van der Waals surface area contributed by atoms with Crippen LogP contribution in [0.5, 0.6) is 5.75 Å². The maximum atomic E-state index is 12.9. The zero-order chi connectivity index (χ0) is 17.2. The summed E-state index contributed by atoms with van der Waals surface area (Å²) in [4.78, 5) is 18.8. The lowest BCUT2D eigenvalue weighted by Gasteiger charge is -2.31. The van der Waals surface area contributed by atoms with E-state index in [1.807, 2.05) is 33.7 Å². The molecule has 0 bridgehead atoms. The molecule has 1 saturated heterocycles. The number of benzene rings is 1. The molecule has 128 valence electrons. The Labute approximate surface area is 144 Å². The number of piperidine rings is 1. The van der Waals surface area contributed by atoms with Crippen LogP contribution in [0.25, 0.3) is 5.65 Å². The topological polar surface area (TPSA) is 46.8 Å². The highest BCUT2D eigenvalue weighted by atomic mass is 19.1. The Morgan fingerprint density at radius 1 is 1.12 bits per heavy atom. The molecule has 0 saturated carbocycles. The molecule has 2 aromatic heterocycles. The van der Waals surface area contributed by atoms with Crippen molar-refractivity contribution < 1.29 is 13.9 Å². The number of carbonyl (C=O) groups is 1. The Kier molecular flexibility index (Phi) is 4.09. The van der Waals surface area contributed by atoms with Crippen molar-refractivity contribution in [2.75, 3.05) is 13.1 Å². The van der Waals surface area contributed by atoms with Gasteiger partial charge in [-0.25, -0.2) is 9.37 Å². The molecule has 0 radical (unpaired) electrons. The first-order chi connectivity index (χ1) is 12.2. The summed E-state index contributed by atoms with van der Waals surface area (Å²) >= 11 is 0. The van der Waals surface area contributed by atoms with E-state index in [9.17, 15) is 9.18 Å². The Morgan fingerprint density at radius 2 is 1.88 bits per heavy atom. The number of ether oxygens (including phenoxy) is 1. The minimum absolute atomic E-state index is 0.0376. The molecule has 1 fully saturated rings. The van der Waals surface area contributed by atoms with E-state index in [0.717, 1.165) is 18.5 Å². The summed E-state index contributed by atoms with van der Waals surface area (Å²) in [5.41, 5.74) is 1.23. The number of hydrogen-bond donors (Lipinski definition) is 0. The third-order valence-electron chi connectivity index (χ3n) is 4.43. The molecule has 1 aliphatic rings. The number of nitrogens with zero attached hydrogens (tertiary/aromatic N) is 3. The fourth-order valence-electron chi connectivity index (χ4n) is 3.08. The molecule has 1 amide bonds. The minimum Gasteiger partial charge on any atom is -0.490 e. The van der Waals surface area contributed by atoms with Crippen molar-refractivity contribution in [3.8, 4) is 5.75 Å². The standard InChI is InChI=1S/C19H18FN3O2/c20-14-4-6-15(7-5-14)25-16-8-11-22(12-9-16)19(24)17-13-23-10-2-1-3-18(23)21-17/h1-7,10,13,16H,8-9,11-12H2. The van der Waals surface area contributed by atoms with Gasteiger partial charge in [-0.3, -0.25) is 4.79 Å². The van der Waals surface area contributed by atoms with Crippen LogP contribution in [0.2, 0.25) is 0 Å². The summed E-state index contributed by atoms with van der Waals surface area (Å²) in [5.74, 6) is 0.329. The monoisotopic (exact) mass is 339 g/mol. The second-order valence-electron chi connectivity index (χ2n) is 6.16. The van der Waals surface area contributed by atoms with Gasteiger partial charge in [-0.15, -0.1) is 0 Å². The average Bonchev–Trinajstić information content (AvgIpc) is 3.08. The zero-order valence-electron chi connectivity index (χ0n) is 13.6. The van der Waals surface area contributed by atoms with Crippen LogP contribution in [0.3, 0.4) is 0 Å². The Morgan fingerprint density at radius 3 is 2.60 bits per heavy atom. The predicted molar refractivity (Wildman–Crippen MR) is 91.1 cm³/mol. The highest BCUT2D eigenvalue weighted by molar-refractivity contribution is 5.93. The van der Waals surface area contributed by atoms with Gasteiger partial charge < -0.3 is 14.0 Å². The molecular formula is C19H18FN3O2. The van der Waals surface area contributed by atoms with E-state index in [0.29, 0.717) is 24.5 Å². The van der Waals surface area contributed by atoms with Crippen molar-refractivity contribution in [2.45, 2.75) is 18.9 Å². The van der Waals surface area contributed by atoms with Gasteiger partial charge in [0.15, 0.2) is 0 Å². The van der Waals surface area contributed by atoms with Crippen LogP contribution in [0.15, 0.2) is 54.9 Å². The molecule has 6 heteroatoms. The lowest BCUT2D eigenvalue weighted by molar-refractivity contribution is 0.0590. The molecular weight excluding hydrogens is 321 g/mol.